The lowest BCUT2D eigenvalue weighted by molar-refractivity contribution is 0.111. The van der Waals surface area contributed by atoms with Gasteiger partial charge in [-0.15, -0.1) is 0 Å². The third-order valence-electron chi connectivity index (χ3n) is 6.26. The van der Waals surface area contributed by atoms with E-state index < -0.39 is 0 Å². The number of aliphatic hydroxyl groups excluding tert-OH is 2. The van der Waals surface area contributed by atoms with E-state index in [0.29, 0.717) is 6.54 Å². The number of nitrogens with zero attached hydrogens (tertiary/aromatic N) is 3. The van der Waals surface area contributed by atoms with Gasteiger partial charge in [-0.25, -0.2) is 4.98 Å². The number of aliphatic hydroxyl groups is 2. The van der Waals surface area contributed by atoms with Crippen LogP contribution in [0.5, 0.6) is 0 Å². The molecular weight excluding hydrogens is 314 g/mol. The van der Waals surface area contributed by atoms with Crippen LogP contribution >= 0.6 is 0 Å². The van der Waals surface area contributed by atoms with Crippen molar-refractivity contribution in [1.29, 1.82) is 0 Å². The average molecular weight is 341 g/mol. The van der Waals surface area contributed by atoms with Gasteiger partial charge in [-0.2, -0.15) is 0 Å². The Balaban J connectivity index is 1.40. The predicted molar refractivity (Wildman–Crippen MR) is 96.2 cm³/mol. The summed E-state index contributed by atoms with van der Waals surface area (Å²) < 4.78 is 2.17. The Morgan fingerprint density at radius 3 is 2.72 bits per heavy atom. The minimum atomic E-state index is -0.357. The van der Waals surface area contributed by atoms with Gasteiger partial charge in [0.25, 0.3) is 0 Å². The predicted octanol–water partition coefficient (Wildman–Crippen LogP) is 1.65. The third-order valence-corrected chi connectivity index (χ3v) is 6.26. The van der Waals surface area contributed by atoms with Gasteiger partial charge in [-0.3, -0.25) is 4.90 Å². The normalized spacial score (nSPS) is 31.7. The Hall–Kier alpha value is -1.69. The van der Waals surface area contributed by atoms with Crippen LogP contribution in [0.3, 0.4) is 0 Å². The van der Waals surface area contributed by atoms with Gasteiger partial charge < -0.3 is 14.8 Å². The van der Waals surface area contributed by atoms with Gasteiger partial charge in [0, 0.05) is 44.0 Å². The molecule has 1 aliphatic carbocycles. The van der Waals surface area contributed by atoms with Crippen LogP contribution in [0.15, 0.2) is 42.7 Å². The van der Waals surface area contributed by atoms with Gasteiger partial charge in [0.2, 0.25) is 0 Å². The van der Waals surface area contributed by atoms with E-state index in [-0.39, 0.29) is 30.0 Å². The van der Waals surface area contributed by atoms with Crippen molar-refractivity contribution in [2.45, 2.75) is 31.9 Å². The molecule has 134 valence electrons. The van der Waals surface area contributed by atoms with Crippen LogP contribution in [-0.4, -0.2) is 57.0 Å². The second-order valence-corrected chi connectivity index (χ2v) is 7.56. The molecule has 0 unspecified atom stereocenters. The molecule has 1 aromatic heterocycles. The Morgan fingerprint density at radius 2 is 2.04 bits per heavy atom. The highest BCUT2D eigenvalue weighted by atomic mass is 16.3. The van der Waals surface area contributed by atoms with E-state index >= 15 is 0 Å². The summed E-state index contributed by atoms with van der Waals surface area (Å²) in [7, 11) is 0. The fourth-order valence-corrected chi connectivity index (χ4v) is 4.94. The van der Waals surface area contributed by atoms with Crippen LogP contribution in [-0.2, 0) is 6.54 Å². The molecule has 1 saturated heterocycles. The second kappa shape index (κ2) is 6.56. The topological polar surface area (TPSA) is 61.5 Å². The van der Waals surface area contributed by atoms with E-state index in [1.165, 1.54) is 5.56 Å². The van der Waals surface area contributed by atoms with E-state index in [4.69, 9.17) is 0 Å². The smallest absolute Gasteiger partial charge is 0.105 e. The van der Waals surface area contributed by atoms with Crippen molar-refractivity contribution < 1.29 is 10.2 Å². The van der Waals surface area contributed by atoms with Crippen LogP contribution in [0.4, 0.5) is 0 Å². The Bertz CT molecular complexity index is 717. The summed E-state index contributed by atoms with van der Waals surface area (Å²) in [6, 6.07) is 10.4. The molecule has 5 heteroatoms. The average Bonchev–Trinajstić information content (AvgIpc) is 2.89. The molecule has 1 aliphatic heterocycles. The van der Waals surface area contributed by atoms with Crippen LogP contribution < -0.4 is 0 Å². The van der Waals surface area contributed by atoms with Crippen LogP contribution in [0.25, 0.3) is 0 Å². The van der Waals surface area contributed by atoms with Gasteiger partial charge >= 0.3 is 0 Å². The lowest BCUT2D eigenvalue weighted by Gasteiger charge is -2.16. The molecule has 2 heterocycles. The first-order valence-electron chi connectivity index (χ1n) is 9.21. The molecule has 0 radical (unpaired) electrons. The highest BCUT2D eigenvalue weighted by molar-refractivity contribution is 5.36. The first-order chi connectivity index (χ1) is 12.2. The molecule has 5 nitrogen and oxygen atoms in total. The molecule has 1 saturated carbocycles. The minimum absolute atomic E-state index is 0.151. The summed E-state index contributed by atoms with van der Waals surface area (Å²) in [5.41, 5.74) is 1.08. The van der Waals surface area contributed by atoms with E-state index in [2.05, 4.69) is 26.6 Å². The maximum atomic E-state index is 10.8. The number of likely N-dealkylation sites (tertiary alicyclic amines) is 1. The summed E-state index contributed by atoms with van der Waals surface area (Å²) in [6.07, 6.45) is 4.54. The second-order valence-electron chi connectivity index (χ2n) is 7.56. The monoisotopic (exact) mass is 341 g/mol. The summed E-state index contributed by atoms with van der Waals surface area (Å²) in [6.45, 7) is 5.69. The summed E-state index contributed by atoms with van der Waals surface area (Å²) in [5.74, 6) is 1.49. The summed E-state index contributed by atoms with van der Waals surface area (Å²) in [5, 5.41) is 20.6. The molecular formula is C20H27N3O2. The molecule has 4 atom stereocenters. The molecule has 0 bridgehead atoms. The number of aryl methyl sites for hydroxylation is 2. The number of aromatic nitrogens is 2. The van der Waals surface area contributed by atoms with Gasteiger partial charge in [0.15, 0.2) is 0 Å². The number of benzene rings is 1. The number of hydrogen-bond donors (Lipinski definition) is 2. The van der Waals surface area contributed by atoms with Gasteiger partial charge in [-0.05, 0) is 37.3 Å². The molecule has 2 fully saturated rings. The fraction of sp³-hybridized carbons (Fsp3) is 0.550. The number of β-amino-alcohol motifs (C(OH)–C–C–N with tert-alkyl or cyclic N) is 1. The van der Waals surface area contributed by atoms with Crippen molar-refractivity contribution in [2.24, 2.45) is 11.3 Å². The standard InChI is InChI=1S/C20H27N3O2/c1-15-21-8-11-23(15)10-5-9-22-12-18(25)20(14-22)17(13-24)19(20)16-6-3-2-4-7-16/h2-4,6-8,11,17-19,24-25H,5,9-10,12-14H2,1H3/t17-,18-,19-,20-/m1/s1. The van der Waals surface area contributed by atoms with Crippen molar-refractivity contribution in [2.75, 3.05) is 26.2 Å². The molecule has 2 aromatic rings. The van der Waals surface area contributed by atoms with E-state index in [9.17, 15) is 10.2 Å². The van der Waals surface area contributed by atoms with Crippen LogP contribution in [0, 0.1) is 18.3 Å². The zero-order valence-corrected chi connectivity index (χ0v) is 14.8. The highest BCUT2D eigenvalue weighted by Gasteiger charge is 2.70. The Labute approximate surface area is 148 Å². The molecule has 1 aromatic carbocycles. The maximum Gasteiger partial charge on any atom is 0.105 e. The quantitative estimate of drug-likeness (QED) is 0.839. The Kier molecular flexibility index (Phi) is 4.40. The molecule has 0 amide bonds. The van der Waals surface area contributed by atoms with Crippen molar-refractivity contribution >= 4 is 0 Å². The minimum Gasteiger partial charge on any atom is -0.396 e. The van der Waals surface area contributed by atoms with Gasteiger partial charge in [-0.1, -0.05) is 30.3 Å². The zero-order valence-electron chi connectivity index (χ0n) is 14.8. The van der Waals surface area contributed by atoms with E-state index in [1.54, 1.807) is 0 Å². The van der Waals surface area contributed by atoms with Crippen molar-refractivity contribution in [1.82, 2.24) is 14.5 Å². The van der Waals surface area contributed by atoms with Crippen LogP contribution in [0.1, 0.15) is 23.7 Å². The summed E-state index contributed by atoms with van der Waals surface area (Å²) in [4.78, 5) is 6.62. The SMILES string of the molecule is Cc1nccn1CCCN1C[C@@H](O)[C@@]2(C1)[C@H](CO)[C@H]2c1ccccc1. The van der Waals surface area contributed by atoms with Gasteiger partial charge in [0.1, 0.15) is 5.82 Å². The fourth-order valence-electron chi connectivity index (χ4n) is 4.94. The van der Waals surface area contributed by atoms with Crippen LogP contribution in [0.2, 0.25) is 0 Å². The summed E-state index contributed by atoms with van der Waals surface area (Å²) >= 11 is 0. The highest BCUT2D eigenvalue weighted by Crippen LogP contribution is 2.68. The zero-order chi connectivity index (χ0) is 17.4. The molecule has 25 heavy (non-hydrogen) atoms. The van der Waals surface area contributed by atoms with Crippen molar-refractivity contribution in [3.8, 4) is 0 Å². The lowest BCUT2D eigenvalue weighted by atomic mass is 9.95. The third kappa shape index (κ3) is 2.80. The van der Waals surface area contributed by atoms with E-state index in [1.807, 2.05) is 37.5 Å². The first kappa shape index (κ1) is 16.8. The molecule has 4 rings (SSSR count). The molecule has 2 aliphatic rings. The molecule has 1 spiro atoms. The largest absolute Gasteiger partial charge is 0.396 e. The number of imidazole rings is 1. The van der Waals surface area contributed by atoms with E-state index in [0.717, 1.165) is 31.9 Å². The van der Waals surface area contributed by atoms with Crippen molar-refractivity contribution in [3.63, 3.8) is 0 Å². The molecule has 2 N–H and O–H groups in total. The van der Waals surface area contributed by atoms with Crippen molar-refractivity contribution in [3.05, 3.63) is 54.1 Å². The van der Waals surface area contributed by atoms with Gasteiger partial charge in [0.05, 0.1) is 6.10 Å². The lowest BCUT2D eigenvalue weighted by Crippen LogP contribution is -2.24. The Morgan fingerprint density at radius 1 is 1.24 bits per heavy atom. The number of rotatable bonds is 6. The number of hydrogen-bond acceptors (Lipinski definition) is 4. The maximum absolute atomic E-state index is 10.8. The first-order valence-corrected chi connectivity index (χ1v) is 9.21.